The summed E-state index contributed by atoms with van der Waals surface area (Å²) in [6.07, 6.45) is 1.08. The number of benzene rings is 1. The summed E-state index contributed by atoms with van der Waals surface area (Å²) in [7, 11) is 2.14. The molecule has 1 saturated heterocycles. The summed E-state index contributed by atoms with van der Waals surface area (Å²) in [6, 6.07) is 6.33. The molecule has 0 aliphatic carbocycles. The Morgan fingerprint density at radius 3 is 2.84 bits per heavy atom. The van der Waals surface area contributed by atoms with E-state index in [-0.39, 0.29) is 5.91 Å². The molecule has 1 unspecified atom stereocenters. The summed E-state index contributed by atoms with van der Waals surface area (Å²) in [4.78, 5) is 16.9. The molecule has 19 heavy (non-hydrogen) atoms. The van der Waals surface area contributed by atoms with E-state index in [1.54, 1.807) is 0 Å². The van der Waals surface area contributed by atoms with Gasteiger partial charge in [0.1, 0.15) is 0 Å². The third kappa shape index (κ3) is 3.00. The number of piperazine rings is 1. The normalized spacial score (nSPS) is 20.6. The van der Waals surface area contributed by atoms with Crippen LogP contribution < -0.4 is 0 Å². The van der Waals surface area contributed by atoms with Crippen molar-refractivity contribution in [3.8, 4) is 0 Å². The highest BCUT2D eigenvalue weighted by molar-refractivity contribution is 9.10. The minimum atomic E-state index is 0.141. The van der Waals surface area contributed by atoms with Gasteiger partial charge in [-0.15, -0.1) is 0 Å². The van der Waals surface area contributed by atoms with E-state index in [0.717, 1.165) is 41.7 Å². The van der Waals surface area contributed by atoms with E-state index in [4.69, 9.17) is 0 Å². The van der Waals surface area contributed by atoms with Crippen LogP contribution in [0.25, 0.3) is 0 Å². The molecule has 0 saturated carbocycles. The van der Waals surface area contributed by atoms with Crippen LogP contribution in [0, 0.1) is 6.92 Å². The lowest BCUT2D eigenvalue weighted by molar-refractivity contribution is 0.0541. The number of carbonyl (C=O) groups excluding carboxylic acids is 1. The molecule has 0 spiro atoms. The Morgan fingerprint density at radius 2 is 2.16 bits per heavy atom. The first-order valence-corrected chi connectivity index (χ1v) is 7.58. The van der Waals surface area contributed by atoms with Crippen molar-refractivity contribution in [2.75, 3.05) is 26.7 Å². The van der Waals surface area contributed by atoms with Gasteiger partial charge in [0.2, 0.25) is 0 Å². The maximum absolute atomic E-state index is 12.6. The van der Waals surface area contributed by atoms with E-state index in [1.165, 1.54) is 0 Å². The first-order chi connectivity index (χ1) is 9.04. The van der Waals surface area contributed by atoms with Crippen LogP contribution in [0.1, 0.15) is 29.3 Å². The van der Waals surface area contributed by atoms with Gasteiger partial charge >= 0.3 is 0 Å². The van der Waals surface area contributed by atoms with Gasteiger partial charge in [0, 0.05) is 30.1 Å². The summed E-state index contributed by atoms with van der Waals surface area (Å²) in [5.74, 6) is 0.141. The van der Waals surface area contributed by atoms with Gasteiger partial charge in [-0.25, -0.2) is 0 Å². The minimum Gasteiger partial charge on any atom is -0.336 e. The smallest absolute Gasteiger partial charge is 0.255 e. The molecule has 1 aromatic rings. The van der Waals surface area contributed by atoms with Gasteiger partial charge < -0.3 is 4.90 Å². The summed E-state index contributed by atoms with van der Waals surface area (Å²) in [5.41, 5.74) is 1.88. The van der Waals surface area contributed by atoms with E-state index < -0.39 is 0 Å². The van der Waals surface area contributed by atoms with Crippen LogP contribution in [0.2, 0.25) is 0 Å². The Labute approximate surface area is 123 Å². The maximum atomic E-state index is 12.6. The maximum Gasteiger partial charge on any atom is 0.255 e. The number of likely N-dealkylation sites (N-methyl/N-ethyl adjacent to an activating group) is 1. The first-order valence-electron chi connectivity index (χ1n) is 6.79. The largest absolute Gasteiger partial charge is 0.336 e. The molecule has 1 aliphatic rings. The molecule has 0 N–H and O–H groups in total. The van der Waals surface area contributed by atoms with Gasteiger partial charge in [-0.3, -0.25) is 9.69 Å². The number of hydrogen-bond donors (Lipinski definition) is 0. The second kappa shape index (κ2) is 6.06. The van der Waals surface area contributed by atoms with Crippen LogP contribution in [-0.4, -0.2) is 48.4 Å². The number of rotatable bonds is 2. The highest BCUT2D eigenvalue weighted by Gasteiger charge is 2.27. The topological polar surface area (TPSA) is 23.6 Å². The second-order valence-electron chi connectivity index (χ2n) is 5.23. The number of amides is 1. The average molecular weight is 325 g/mol. The number of carbonyl (C=O) groups is 1. The van der Waals surface area contributed by atoms with Crippen molar-refractivity contribution in [1.82, 2.24) is 9.80 Å². The molecule has 1 aromatic carbocycles. The number of nitrogens with zero attached hydrogens (tertiary/aromatic N) is 2. The fraction of sp³-hybridized carbons (Fsp3) is 0.533. The predicted octanol–water partition coefficient (Wildman–Crippen LogP) is 2.92. The van der Waals surface area contributed by atoms with Crippen LogP contribution in [0.3, 0.4) is 0 Å². The fourth-order valence-corrected chi connectivity index (χ4v) is 2.99. The van der Waals surface area contributed by atoms with Crippen molar-refractivity contribution in [3.63, 3.8) is 0 Å². The third-order valence-corrected chi connectivity index (χ3v) is 5.01. The Balaban J connectivity index is 2.18. The quantitative estimate of drug-likeness (QED) is 0.835. The van der Waals surface area contributed by atoms with E-state index >= 15 is 0 Å². The monoisotopic (exact) mass is 324 g/mol. The first kappa shape index (κ1) is 14.5. The molecule has 0 aromatic heterocycles. The van der Waals surface area contributed by atoms with E-state index in [9.17, 15) is 4.79 Å². The van der Waals surface area contributed by atoms with Crippen LogP contribution in [0.5, 0.6) is 0 Å². The number of halogens is 1. The minimum absolute atomic E-state index is 0.141. The molecule has 2 rings (SSSR count). The predicted molar refractivity (Wildman–Crippen MR) is 81.5 cm³/mol. The lowest BCUT2D eigenvalue weighted by Crippen LogP contribution is -2.53. The molecule has 0 radical (unpaired) electrons. The zero-order chi connectivity index (χ0) is 14.0. The van der Waals surface area contributed by atoms with Gasteiger partial charge in [0.15, 0.2) is 0 Å². The molecular weight excluding hydrogens is 304 g/mol. The van der Waals surface area contributed by atoms with Gasteiger partial charge in [-0.2, -0.15) is 0 Å². The average Bonchev–Trinajstić information content (AvgIpc) is 2.41. The molecular formula is C15H21BrN2O. The van der Waals surface area contributed by atoms with E-state index in [2.05, 4.69) is 34.8 Å². The highest BCUT2D eigenvalue weighted by Crippen LogP contribution is 2.23. The summed E-state index contributed by atoms with van der Waals surface area (Å²) >= 11 is 3.53. The SMILES string of the molecule is CCC1CN(C(=O)c2cccc(C)c2Br)CCN1C. The standard InChI is InChI=1S/C15H21BrN2O/c1-4-12-10-18(9-8-17(12)3)15(19)13-7-5-6-11(2)14(13)16/h5-7,12H,4,8-10H2,1-3H3. The summed E-state index contributed by atoms with van der Waals surface area (Å²) in [5, 5.41) is 0. The lowest BCUT2D eigenvalue weighted by atomic mass is 10.1. The Hall–Kier alpha value is -0.870. The Morgan fingerprint density at radius 1 is 1.42 bits per heavy atom. The third-order valence-electron chi connectivity index (χ3n) is 3.96. The molecule has 3 nitrogen and oxygen atoms in total. The second-order valence-corrected chi connectivity index (χ2v) is 6.02. The van der Waals surface area contributed by atoms with Gasteiger partial charge in [-0.05, 0) is 48.0 Å². The molecule has 1 atom stereocenters. The molecule has 1 aliphatic heterocycles. The molecule has 1 heterocycles. The van der Waals surface area contributed by atoms with Crippen molar-refractivity contribution in [2.24, 2.45) is 0 Å². The van der Waals surface area contributed by atoms with E-state index in [0.29, 0.717) is 6.04 Å². The Kier molecular flexibility index (Phi) is 4.63. The zero-order valence-electron chi connectivity index (χ0n) is 11.8. The van der Waals surface area contributed by atoms with Gasteiger partial charge in [-0.1, -0.05) is 19.1 Å². The van der Waals surface area contributed by atoms with Crippen molar-refractivity contribution in [2.45, 2.75) is 26.3 Å². The van der Waals surface area contributed by atoms with Crippen molar-refractivity contribution >= 4 is 21.8 Å². The van der Waals surface area contributed by atoms with E-state index in [1.807, 2.05) is 30.0 Å². The molecule has 1 amide bonds. The van der Waals surface area contributed by atoms with Crippen LogP contribution in [0.15, 0.2) is 22.7 Å². The molecule has 4 heteroatoms. The van der Waals surface area contributed by atoms with Crippen molar-refractivity contribution in [1.29, 1.82) is 0 Å². The van der Waals surface area contributed by atoms with Crippen molar-refractivity contribution in [3.05, 3.63) is 33.8 Å². The molecule has 0 bridgehead atoms. The van der Waals surface area contributed by atoms with Crippen LogP contribution >= 0.6 is 15.9 Å². The molecule has 104 valence electrons. The molecule has 1 fully saturated rings. The summed E-state index contributed by atoms with van der Waals surface area (Å²) < 4.78 is 0.923. The van der Waals surface area contributed by atoms with Crippen LogP contribution in [-0.2, 0) is 0 Å². The fourth-order valence-electron chi connectivity index (χ4n) is 2.55. The number of aryl methyl sites for hydroxylation is 1. The highest BCUT2D eigenvalue weighted by atomic mass is 79.9. The van der Waals surface area contributed by atoms with Crippen LogP contribution in [0.4, 0.5) is 0 Å². The zero-order valence-corrected chi connectivity index (χ0v) is 13.4. The lowest BCUT2D eigenvalue weighted by Gasteiger charge is -2.39. The van der Waals surface area contributed by atoms with Gasteiger partial charge in [0.25, 0.3) is 5.91 Å². The summed E-state index contributed by atoms with van der Waals surface area (Å²) in [6.45, 7) is 6.78. The Bertz CT molecular complexity index is 475. The number of hydrogen-bond acceptors (Lipinski definition) is 2. The van der Waals surface area contributed by atoms with Gasteiger partial charge in [0.05, 0.1) is 5.56 Å². The van der Waals surface area contributed by atoms with Crippen molar-refractivity contribution < 1.29 is 4.79 Å².